The van der Waals surface area contributed by atoms with Crippen LogP contribution < -0.4 is 0 Å². The second kappa shape index (κ2) is 11.4. The Balaban J connectivity index is 2.52. The van der Waals surface area contributed by atoms with Gasteiger partial charge in [0.2, 0.25) is 0 Å². The number of hydrogen-bond acceptors (Lipinski definition) is 0. The standard InChI is InChI=1S/C19H36Si/c1-4-7-10-13-18-15-17-20(16-12-9-6-3)19(18)14-11-8-5-2/h15,17,20H,4-14,16H2,1-3H3. The van der Waals surface area contributed by atoms with Crippen LogP contribution in [-0.2, 0) is 0 Å². The minimum atomic E-state index is -0.681. The van der Waals surface area contributed by atoms with Crippen LogP contribution in [-0.4, -0.2) is 8.80 Å². The normalized spacial score (nSPS) is 18.2. The van der Waals surface area contributed by atoms with Gasteiger partial charge in [0.25, 0.3) is 0 Å². The van der Waals surface area contributed by atoms with Crippen LogP contribution in [0.1, 0.15) is 91.4 Å². The summed E-state index contributed by atoms with van der Waals surface area (Å²) in [5.74, 6) is 0. The highest BCUT2D eigenvalue weighted by Gasteiger charge is 2.20. The largest absolute Gasteiger partial charge is 0.0929 e. The molecule has 0 aromatic carbocycles. The molecule has 1 heterocycles. The van der Waals surface area contributed by atoms with Gasteiger partial charge in [-0.1, -0.05) is 94.3 Å². The molecule has 0 aromatic rings. The van der Waals surface area contributed by atoms with Crippen molar-refractivity contribution in [3.05, 3.63) is 22.5 Å². The lowest BCUT2D eigenvalue weighted by atomic mass is 10.0. The maximum atomic E-state index is 2.65. The molecule has 0 amide bonds. The first-order valence-electron chi connectivity index (χ1n) is 9.23. The van der Waals surface area contributed by atoms with Crippen LogP contribution in [0.25, 0.3) is 0 Å². The summed E-state index contributed by atoms with van der Waals surface area (Å²) < 4.78 is 0. The monoisotopic (exact) mass is 292 g/mol. The molecule has 1 rings (SSSR count). The molecular formula is C19H36Si. The van der Waals surface area contributed by atoms with Crippen molar-refractivity contribution < 1.29 is 0 Å². The molecule has 0 saturated carbocycles. The van der Waals surface area contributed by atoms with Crippen molar-refractivity contribution in [3.63, 3.8) is 0 Å². The van der Waals surface area contributed by atoms with Crippen molar-refractivity contribution in [1.29, 1.82) is 0 Å². The van der Waals surface area contributed by atoms with E-state index >= 15 is 0 Å². The predicted octanol–water partition coefficient (Wildman–Crippen LogP) is 6.51. The zero-order valence-electron chi connectivity index (χ0n) is 14.2. The fourth-order valence-corrected chi connectivity index (χ4v) is 6.56. The van der Waals surface area contributed by atoms with Crippen molar-refractivity contribution in [2.24, 2.45) is 0 Å². The molecule has 20 heavy (non-hydrogen) atoms. The molecule has 0 radical (unpaired) electrons. The van der Waals surface area contributed by atoms with Crippen molar-refractivity contribution in [2.45, 2.75) is 97.4 Å². The summed E-state index contributed by atoms with van der Waals surface area (Å²) in [4.78, 5) is 0. The van der Waals surface area contributed by atoms with Gasteiger partial charge in [0.15, 0.2) is 0 Å². The minimum absolute atomic E-state index is 0.681. The van der Waals surface area contributed by atoms with Gasteiger partial charge in [0.05, 0.1) is 8.80 Å². The Labute approximate surface area is 129 Å². The van der Waals surface area contributed by atoms with Gasteiger partial charge in [-0.05, 0) is 25.7 Å². The van der Waals surface area contributed by atoms with Gasteiger partial charge in [-0.25, -0.2) is 0 Å². The second-order valence-electron chi connectivity index (χ2n) is 6.43. The molecule has 0 aliphatic carbocycles. The molecule has 0 fully saturated rings. The van der Waals surface area contributed by atoms with Crippen LogP contribution in [0, 0.1) is 0 Å². The molecule has 0 nitrogen and oxygen atoms in total. The van der Waals surface area contributed by atoms with Crippen LogP contribution in [0.5, 0.6) is 0 Å². The molecule has 1 unspecified atom stereocenters. The smallest absolute Gasteiger partial charge is 0.0892 e. The summed E-state index contributed by atoms with van der Waals surface area (Å²) in [6, 6.07) is 1.53. The predicted molar refractivity (Wildman–Crippen MR) is 95.9 cm³/mol. The fourth-order valence-electron chi connectivity index (χ4n) is 3.30. The molecule has 1 aliphatic heterocycles. The van der Waals surface area contributed by atoms with Gasteiger partial charge in [0.1, 0.15) is 0 Å². The van der Waals surface area contributed by atoms with E-state index in [4.69, 9.17) is 0 Å². The minimum Gasteiger partial charge on any atom is -0.0929 e. The summed E-state index contributed by atoms with van der Waals surface area (Å²) in [5.41, 5.74) is 4.42. The Bertz CT molecular complexity index is 301. The van der Waals surface area contributed by atoms with Crippen molar-refractivity contribution in [3.8, 4) is 0 Å². The van der Waals surface area contributed by atoms with E-state index in [1.54, 1.807) is 5.57 Å². The van der Waals surface area contributed by atoms with Crippen LogP contribution in [0.15, 0.2) is 22.5 Å². The van der Waals surface area contributed by atoms with E-state index in [2.05, 4.69) is 32.5 Å². The van der Waals surface area contributed by atoms with Gasteiger partial charge in [0, 0.05) is 0 Å². The first-order chi connectivity index (χ1) is 9.83. The molecule has 0 N–H and O–H groups in total. The Morgan fingerprint density at radius 3 is 2.00 bits per heavy atom. The third-order valence-corrected chi connectivity index (χ3v) is 7.85. The van der Waals surface area contributed by atoms with Gasteiger partial charge in [-0.15, -0.1) is 0 Å². The molecule has 1 atom stereocenters. The second-order valence-corrected chi connectivity index (χ2v) is 9.30. The third kappa shape index (κ3) is 6.43. The number of allylic oxidation sites excluding steroid dienone is 3. The number of unbranched alkanes of at least 4 members (excludes halogenated alkanes) is 6. The highest BCUT2D eigenvalue weighted by Crippen LogP contribution is 2.30. The zero-order valence-corrected chi connectivity index (χ0v) is 15.4. The van der Waals surface area contributed by atoms with Crippen LogP contribution in [0.3, 0.4) is 0 Å². The molecule has 0 saturated heterocycles. The van der Waals surface area contributed by atoms with Crippen LogP contribution in [0.4, 0.5) is 0 Å². The molecule has 0 spiro atoms. The molecule has 0 aromatic heterocycles. The number of rotatable bonds is 12. The average Bonchev–Trinajstić information content (AvgIpc) is 2.83. The molecule has 116 valence electrons. The van der Waals surface area contributed by atoms with Gasteiger partial charge >= 0.3 is 0 Å². The average molecular weight is 293 g/mol. The summed E-state index contributed by atoms with van der Waals surface area (Å²) in [5, 5.41) is 1.95. The Kier molecular flexibility index (Phi) is 10.1. The quantitative estimate of drug-likeness (QED) is 0.284. The zero-order chi connectivity index (χ0) is 14.6. The maximum Gasteiger partial charge on any atom is 0.0892 e. The van der Waals surface area contributed by atoms with Crippen molar-refractivity contribution >= 4 is 8.80 Å². The topological polar surface area (TPSA) is 0 Å². The van der Waals surface area contributed by atoms with E-state index in [0.29, 0.717) is 0 Å². The van der Waals surface area contributed by atoms with E-state index < -0.39 is 8.80 Å². The fraction of sp³-hybridized carbons (Fsp3) is 0.789. The summed E-state index contributed by atoms with van der Waals surface area (Å²) in [6.45, 7) is 6.95. The molecular weight excluding hydrogens is 256 g/mol. The molecule has 1 heteroatoms. The lowest BCUT2D eigenvalue weighted by Crippen LogP contribution is -2.12. The third-order valence-electron chi connectivity index (χ3n) is 4.61. The molecule has 1 aliphatic rings. The molecule has 0 bridgehead atoms. The Hall–Kier alpha value is -0.303. The highest BCUT2D eigenvalue weighted by atomic mass is 28.3. The Morgan fingerprint density at radius 1 is 0.750 bits per heavy atom. The SMILES string of the molecule is CCCCCC1=C(CCCCC)[SiH](CCCCC)C=C1. The first kappa shape index (κ1) is 17.7. The van der Waals surface area contributed by atoms with Crippen LogP contribution in [0.2, 0.25) is 6.04 Å². The highest BCUT2D eigenvalue weighted by molar-refractivity contribution is 6.73. The van der Waals surface area contributed by atoms with E-state index in [0.717, 1.165) is 0 Å². The van der Waals surface area contributed by atoms with E-state index in [1.807, 2.05) is 5.20 Å². The summed E-state index contributed by atoms with van der Waals surface area (Å²) in [7, 11) is -0.681. The van der Waals surface area contributed by atoms with Gasteiger partial charge in [-0.3, -0.25) is 0 Å². The van der Waals surface area contributed by atoms with E-state index in [-0.39, 0.29) is 0 Å². The first-order valence-corrected chi connectivity index (χ1v) is 11.3. The summed E-state index contributed by atoms with van der Waals surface area (Å²) >= 11 is 0. The maximum absolute atomic E-state index is 2.65. The Morgan fingerprint density at radius 2 is 1.35 bits per heavy atom. The van der Waals surface area contributed by atoms with E-state index in [9.17, 15) is 0 Å². The van der Waals surface area contributed by atoms with Crippen molar-refractivity contribution in [2.75, 3.05) is 0 Å². The van der Waals surface area contributed by atoms with Crippen LogP contribution >= 0.6 is 0 Å². The van der Waals surface area contributed by atoms with Gasteiger partial charge < -0.3 is 0 Å². The lowest BCUT2D eigenvalue weighted by Gasteiger charge is -2.15. The summed E-state index contributed by atoms with van der Waals surface area (Å²) in [6.07, 6.45) is 17.9. The van der Waals surface area contributed by atoms with Crippen molar-refractivity contribution in [1.82, 2.24) is 0 Å². The van der Waals surface area contributed by atoms with E-state index in [1.165, 1.54) is 76.7 Å². The lowest BCUT2D eigenvalue weighted by molar-refractivity contribution is 0.701. The number of hydrogen-bond donors (Lipinski definition) is 0. The van der Waals surface area contributed by atoms with Gasteiger partial charge in [-0.2, -0.15) is 0 Å².